The van der Waals surface area contributed by atoms with Crippen molar-refractivity contribution >= 4 is 38.6 Å². The summed E-state index contributed by atoms with van der Waals surface area (Å²) in [5.74, 6) is 0. The maximum absolute atomic E-state index is 5.63. The maximum atomic E-state index is 5.63. The van der Waals surface area contributed by atoms with Crippen LogP contribution in [-0.4, -0.2) is 15.2 Å². The van der Waals surface area contributed by atoms with Crippen LogP contribution in [0.1, 0.15) is 0 Å². The second-order valence-corrected chi connectivity index (χ2v) is 2.74. The fourth-order valence-corrected chi connectivity index (χ4v) is 0.960. The summed E-state index contributed by atoms with van der Waals surface area (Å²) in [7, 11) is 3.24. The summed E-state index contributed by atoms with van der Waals surface area (Å²) in [5.41, 5.74) is 0. The molecule has 3 radical (unpaired) electrons. The molecule has 4 heteroatoms. The molecule has 0 saturated carbocycles. The molecule has 9 heavy (non-hydrogen) atoms. The largest absolute Gasteiger partial charge is 0.243 e. The zero-order valence-electron chi connectivity index (χ0n) is 4.36. The van der Waals surface area contributed by atoms with Gasteiger partial charge in [-0.05, 0) is 11.3 Å². The number of pyridine rings is 1. The number of hydrogen-bond acceptors (Lipinski definition) is 1. The molecule has 0 amide bonds. The van der Waals surface area contributed by atoms with Crippen LogP contribution in [0.2, 0.25) is 10.2 Å². The van der Waals surface area contributed by atoms with Gasteiger partial charge in [0.1, 0.15) is 5.15 Å². The van der Waals surface area contributed by atoms with Gasteiger partial charge in [-0.25, -0.2) is 4.98 Å². The summed E-state index contributed by atoms with van der Waals surface area (Å²) in [6.07, 6.45) is 1.58. The minimum atomic E-state index is 0.323. The molecule has 0 unspecified atom stereocenters. The Balaban J connectivity index is 3.25. The molecule has 0 fully saturated rings. The standard InChI is InChI=1S/C5H2Cl2NSi/c6-4-3(9)1-2-8-5(4)7/h1-2H. The Morgan fingerprint density at radius 3 is 2.56 bits per heavy atom. The van der Waals surface area contributed by atoms with Gasteiger partial charge in [0.05, 0.1) is 15.3 Å². The second-order valence-electron chi connectivity index (χ2n) is 1.46. The third-order valence-corrected chi connectivity index (χ3v) is 2.19. The first-order chi connectivity index (χ1) is 4.22. The van der Waals surface area contributed by atoms with Crippen LogP contribution in [0, 0.1) is 0 Å². The van der Waals surface area contributed by atoms with E-state index >= 15 is 0 Å². The van der Waals surface area contributed by atoms with Crippen molar-refractivity contribution in [2.24, 2.45) is 0 Å². The molecular formula is C5H2Cl2NSi. The van der Waals surface area contributed by atoms with Crippen molar-refractivity contribution in [3.63, 3.8) is 0 Å². The van der Waals surface area contributed by atoms with Crippen LogP contribution < -0.4 is 5.19 Å². The number of halogens is 2. The molecule has 1 nitrogen and oxygen atoms in total. The van der Waals surface area contributed by atoms with E-state index in [1.807, 2.05) is 0 Å². The van der Waals surface area contributed by atoms with Crippen molar-refractivity contribution in [1.82, 2.24) is 4.98 Å². The van der Waals surface area contributed by atoms with Gasteiger partial charge in [0.2, 0.25) is 0 Å². The third kappa shape index (κ3) is 1.44. The number of rotatable bonds is 0. The Bertz CT molecular complexity index is 206. The summed E-state index contributed by atoms with van der Waals surface area (Å²) >= 11 is 11.2. The van der Waals surface area contributed by atoms with Crippen LogP contribution in [0.4, 0.5) is 0 Å². The van der Waals surface area contributed by atoms with Gasteiger partial charge >= 0.3 is 0 Å². The van der Waals surface area contributed by atoms with Crippen molar-refractivity contribution in [3.8, 4) is 0 Å². The zero-order chi connectivity index (χ0) is 6.85. The smallest absolute Gasteiger partial charge is 0.147 e. The Kier molecular flexibility index (Phi) is 2.11. The lowest BCUT2D eigenvalue weighted by Crippen LogP contribution is -2.03. The molecule has 0 spiro atoms. The number of nitrogens with zero attached hydrogens (tertiary/aromatic N) is 1. The van der Waals surface area contributed by atoms with Crippen LogP contribution in [0.15, 0.2) is 12.3 Å². The number of aromatic nitrogens is 1. The molecule has 0 aromatic carbocycles. The molecule has 0 aliphatic heterocycles. The highest BCUT2D eigenvalue weighted by Crippen LogP contribution is 2.13. The fraction of sp³-hybridized carbons (Fsp3) is 0. The molecule has 1 heterocycles. The summed E-state index contributed by atoms with van der Waals surface area (Å²) in [6.45, 7) is 0. The van der Waals surface area contributed by atoms with E-state index in [1.54, 1.807) is 12.3 Å². The monoisotopic (exact) mass is 174 g/mol. The highest BCUT2D eigenvalue weighted by atomic mass is 35.5. The van der Waals surface area contributed by atoms with E-state index in [0.717, 1.165) is 5.19 Å². The zero-order valence-corrected chi connectivity index (χ0v) is 6.87. The van der Waals surface area contributed by atoms with Crippen molar-refractivity contribution < 1.29 is 0 Å². The Morgan fingerprint density at radius 1 is 1.44 bits per heavy atom. The quantitative estimate of drug-likeness (QED) is 0.426. The summed E-state index contributed by atoms with van der Waals surface area (Å²) in [4.78, 5) is 3.74. The summed E-state index contributed by atoms with van der Waals surface area (Å²) in [6, 6.07) is 1.73. The van der Waals surface area contributed by atoms with Gasteiger partial charge in [0, 0.05) is 6.20 Å². The van der Waals surface area contributed by atoms with E-state index < -0.39 is 0 Å². The molecule has 1 aromatic heterocycles. The normalized spacial score (nSPS) is 9.67. The molecule has 0 aliphatic carbocycles. The first-order valence-corrected chi connectivity index (χ1v) is 3.49. The number of hydrogen-bond donors (Lipinski definition) is 0. The van der Waals surface area contributed by atoms with Crippen LogP contribution in [0.3, 0.4) is 0 Å². The molecule has 0 atom stereocenters. The predicted octanol–water partition coefficient (Wildman–Crippen LogP) is 1.18. The van der Waals surface area contributed by atoms with E-state index in [0.29, 0.717) is 10.2 Å². The van der Waals surface area contributed by atoms with E-state index in [1.165, 1.54) is 0 Å². The molecule has 1 rings (SSSR count). The molecule has 45 valence electrons. The first-order valence-electron chi connectivity index (χ1n) is 2.23. The van der Waals surface area contributed by atoms with E-state index in [4.69, 9.17) is 23.2 Å². The van der Waals surface area contributed by atoms with Crippen molar-refractivity contribution in [3.05, 3.63) is 22.4 Å². The Labute approximate surface area is 66.4 Å². The average Bonchev–Trinajstić information content (AvgIpc) is 1.83. The Morgan fingerprint density at radius 2 is 2.11 bits per heavy atom. The Hall–Kier alpha value is -0.0531. The molecular weight excluding hydrogens is 173 g/mol. The van der Waals surface area contributed by atoms with Crippen molar-refractivity contribution in [2.75, 3.05) is 0 Å². The molecule has 0 N–H and O–H groups in total. The van der Waals surface area contributed by atoms with Gasteiger partial charge in [-0.15, -0.1) is 0 Å². The molecule has 1 aromatic rings. The van der Waals surface area contributed by atoms with Gasteiger partial charge in [0.25, 0.3) is 0 Å². The van der Waals surface area contributed by atoms with Crippen LogP contribution in [0.5, 0.6) is 0 Å². The fourth-order valence-electron chi connectivity index (χ4n) is 0.418. The van der Waals surface area contributed by atoms with Gasteiger partial charge in [0.15, 0.2) is 0 Å². The van der Waals surface area contributed by atoms with E-state index in [-0.39, 0.29) is 0 Å². The molecule has 0 bridgehead atoms. The molecule has 0 aliphatic rings. The summed E-state index contributed by atoms with van der Waals surface area (Å²) in [5, 5.41) is 1.54. The van der Waals surface area contributed by atoms with Gasteiger partial charge in [-0.3, -0.25) is 0 Å². The van der Waals surface area contributed by atoms with E-state index in [9.17, 15) is 0 Å². The van der Waals surface area contributed by atoms with Gasteiger partial charge < -0.3 is 0 Å². The van der Waals surface area contributed by atoms with Gasteiger partial charge in [-0.1, -0.05) is 23.2 Å². The first kappa shape index (κ1) is 7.06. The van der Waals surface area contributed by atoms with E-state index in [2.05, 4.69) is 15.2 Å². The van der Waals surface area contributed by atoms with Crippen LogP contribution in [0.25, 0.3) is 0 Å². The SMILES string of the molecule is [Si]c1ccnc(Cl)c1Cl. The minimum Gasteiger partial charge on any atom is -0.243 e. The van der Waals surface area contributed by atoms with Crippen LogP contribution >= 0.6 is 23.2 Å². The van der Waals surface area contributed by atoms with Crippen LogP contribution in [-0.2, 0) is 0 Å². The highest BCUT2D eigenvalue weighted by Gasteiger charge is 1.98. The maximum Gasteiger partial charge on any atom is 0.147 e. The highest BCUT2D eigenvalue weighted by molar-refractivity contribution is 6.49. The van der Waals surface area contributed by atoms with Gasteiger partial charge in [-0.2, -0.15) is 0 Å². The molecule has 0 saturated heterocycles. The lowest BCUT2D eigenvalue weighted by atomic mass is 10.5. The topological polar surface area (TPSA) is 12.9 Å². The minimum absolute atomic E-state index is 0.323. The van der Waals surface area contributed by atoms with Crippen molar-refractivity contribution in [1.29, 1.82) is 0 Å². The summed E-state index contributed by atoms with van der Waals surface area (Å²) < 4.78 is 0. The predicted molar refractivity (Wildman–Crippen MR) is 39.6 cm³/mol. The lowest BCUT2D eigenvalue weighted by Gasteiger charge is -1.95. The van der Waals surface area contributed by atoms with Crippen molar-refractivity contribution in [2.45, 2.75) is 0 Å². The second kappa shape index (κ2) is 2.69. The third-order valence-electron chi connectivity index (χ3n) is 0.847. The lowest BCUT2D eigenvalue weighted by molar-refractivity contribution is 1.34. The average molecular weight is 175 g/mol.